The zero-order chi connectivity index (χ0) is 23.7. The predicted molar refractivity (Wildman–Crippen MR) is 107 cm³/mol. The maximum atomic E-state index is 11.2. The van der Waals surface area contributed by atoms with Crippen LogP contribution in [0.2, 0.25) is 0 Å². The van der Waals surface area contributed by atoms with Crippen LogP contribution in [0.3, 0.4) is 0 Å². The van der Waals surface area contributed by atoms with Gasteiger partial charge in [0.15, 0.2) is 12.4 Å². The van der Waals surface area contributed by atoms with E-state index >= 15 is 0 Å². The second-order valence-electron chi connectivity index (χ2n) is 7.90. The number of hydrogen-bond acceptors (Lipinski definition) is 11. The van der Waals surface area contributed by atoms with Crippen molar-refractivity contribution in [3.05, 3.63) is 0 Å². The fraction of sp³-hybridized carbons (Fsp3) is 1.00. The van der Waals surface area contributed by atoms with Crippen LogP contribution >= 0.6 is 0 Å². The Morgan fingerprint density at radius 1 is 0.935 bits per heavy atom. The van der Waals surface area contributed by atoms with E-state index in [0.717, 1.165) is 25.7 Å². The van der Waals surface area contributed by atoms with Crippen molar-refractivity contribution in [1.29, 1.82) is 0 Å². The van der Waals surface area contributed by atoms with Crippen LogP contribution in [0.1, 0.15) is 71.1 Å². The van der Waals surface area contributed by atoms with Gasteiger partial charge in [0.05, 0.1) is 0 Å². The van der Waals surface area contributed by atoms with E-state index < -0.39 is 53.2 Å². The van der Waals surface area contributed by atoms with E-state index in [1.807, 2.05) is 5.32 Å². The Kier molecular flexibility index (Phi) is 12.3. The SMILES string of the molecule is CCCCCCCCCCCC(O)NC(O)(OS(=O)(=O)O)[C@H]1OC(O)[C@H](O)[C@@H](O)[C@@H]1O. The van der Waals surface area contributed by atoms with Gasteiger partial charge in [-0.3, -0.25) is 4.55 Å². The van der Waals surface area contributed by atoms with E-state index in [1.54, 1.807) is 0 Å². The lowest BCUT2D eigenvalue weighted by molar-refractivity contribution is -0.355. The van der Waals surface area contributed by atoms with Crippen LogP contribution < -0.4 is 5.32 Å². The second kappa shape index (κ2) is 13.3. The van der Waals surface area contributed by atoms with Gasteiger partial charge in [0.2, 0.25) is 0 Å². The van der Waals surface area contributed by atoms with Crippen LogP contribution in [-0.4, -0.2) is 86.5 Å². The second-order valence-corrected chi connectivity index (χ2v) is 8.93. The fourth-order valence-electron chi connectivity index (χ4n) is 3.46. The fourth-order valence-corrected chi connectivity index (χ4v) is 3.92. The molecular weight excluding hydrogens is 438 g/mol. The van der Waals surface area contributed by atoms with Crippen LogP contribution in [0.5, 0.6) is 0 Å². The normalized spacial score (nSPS) is 30.1. The maximum Gasteiger partial charge on any atom is 0.401 e. The molecule has 0 spiro atoms. The molecule has 1 heterocycles. The van der Waals surface area contributed by atoms with Crippen molar-refractivity contribution in [2.24, 2.45) is 0 Å². The summed E-state index contributed by atoms with van der Waals surface area (Å²) in [5, 5.41) is 61.6. The minimum atomic E-state index is -5.33. The smallest absolute Gasteiger partial charge is 0.387 e. The van der Waals surface area contributed by atoms with E-state index in [2.05, 4.69) is 11.1 Å². The summed E-state index contributed by atoms with van der Waals surface area (Å²) in [6.07, 6.45) is -2.75. The minimum Gasteiger partial charge on any atom is -0.387 e. The molecule has 12 nitrogen and oxygen atoms in total. The molecule has 1 fully saturated rings. The van der Waals surface area contributed by atoms with Crippen LogP contribution in [0, 0.1) is 0 Å². The van der Waals surface area contributed by atoms with E-state index in [-0.39, 0.29) is 6.42 Å². The predicted octanol–water partition coefficient (Wildman–Crippen LogP) is -0.919. The first-order chi connectivity index (χ1) is 14.4. The Morgan fingerprint density at radius 2 is 1.45 bits per heavy atom. The number of ether oxygens (including phenoxy) is 1. The molecule has 0 amide bonds. The van der Waals surface area contributed by atoms with Crippen molar-refractivity contribution in [3.63, 3.8) is 0 Å². The molecule has 8 N–H and O–H groups in total. The molecule has 186 valence electrons. The van der Waals surface area contributed by atoms with E-state index in [1.165, 1.54) is 25.7 Å². The molecule has 31 heavy (non-hydrogen) atoms. The monoisotopic (exact) mass is 475 g/mol. The van der Waals surface area contributed by atoms with Crippen LogP contribution in [0.4, 0.5) is 0 Å². The summed E-state index contributed by atoms with van der Waals surface area (Å²) in [4.78, 5) is 0. The van der Waals surface area contributed by atoms with Crippen molar-refractivity contribution in [2.45, 2.75) is 114 Å². The molecular formula is C18H37NO11S. The highest BCUT2D eigenvalue weighted by Crippen LogP contribution is 2.29. The molecule has 0 aromatic carbocycles. The summed E-state index contributed by atoms with van der Waals surface area (Å²) in [5.74, 6) is -3.26. The molecule has 0 bridgehead atoms. The molecule has 1 rings (SSSR count). The first-order valence-electron chi connectivity index (χ1n) is 10.6. The van der Waals surface area contributed by atoms with Gasteiger partial charge in [0.25, 0.3) is 5.91 Å². The molecule has 0 radical (unpaired) electrons. The van der Waals surface area contributed by atoms with Gasteiger partial charge in [-0.1, -0.05) is 58.3 Å². The summed E-state index contributed by atoms with van der Waals surface area (Å²) in [6, 6.07) is 0. The molecule has 1 saturated heterocycles. The lowest BCUT2D eigenvalue weighted by atomic mass is 9.96. The third-order valence-corrected chi connectivity index (χ3v) is 5.63. The van der Waals surface area contributed by atoms with Gasteiger partial charge in [-0.15, -0.1) is 0 Å². The summed E-state index contributed by atoms with van der Waals surface area (Å²) >= 11 is 0. The summed E-state index contributed by atoms with van der Waals surface area (Å²) < 4.78 is 40.2. The third kappa shape index (κ3) is 9.92. The van der Waals surface area contributed by atoms with Gasteiger partial charge < -0.3 is 35.4 Å². The van der Waals surface area contributed by atoms with Crippen LogP contribution in [-0.2, 0) is 19.3 Å². The first-order valence-corrected chi connectivity index (χ1v) is 12.0. The van der Waals surface area contributed by atoms with Crippen molar-refractivity contribution in [1.82, 2.24) is 5.32 Å². The molecule has 1 aliphatic rings. The summed E-state index contributed by atoms with van der Waals surface area (Å²) in [7, 11) is -5.33. The lowest BCUT2D eigenvalue weighted by Gasteiger charge is -2.44. The summed E-state index contributed by atoms with van der Waals surface area (Å²) in [5.41, 5.74) is 0. The number of rotatable bonds is 15. The van der Waals surface area contributed by atoms with Crippen molar-refractivity contribution in [2.75, 3.05) is 0 Å². The van der Waals surface area contributed by atoms with Crippen molar-refractivity contribution >= 4 is 10.4 Å². The van der Waals surface area contributed by atoms with Crippen LogP contribution in [0.25, 0.3) is 0 Å². The number of aliphatic hydroxyl groups is 6. The molecule has 0 aliphatic carbocycles. The van der Waals surface area contributed by atoms with Gasteiger partial charge in [0.1, 0.15) is 24.5 Å². The minimum absolute atomic E-state index is 0.0591. The third-order valence-electron chi connectivity index (χ3n) is 5.16. The Morgan fingerprint density at radius 3 is 1.97 bits per heavy atom. The zero-order valence-corrected chi connectivity index (χ0v) is 18.5. The van der Waals surface area contributed by atoms with Gasteiger partial charge >= 0.3 is 10.4 Å². The lowest BCUT2D eigenvalue weighted by Crippen LogP contribution is -2.71. The number of nitrogens with one attached hydrogen (secondary N) is 1. The molecule has 0 saturated carbocycles. The standard InChI is InChI=1S/C18H37NO11S/c1-2-3-4-5-6-7-8-9-10-11-12(20)19-18(25,30-31(26,27)28)16-14(22)13(21)15(23)17(24)29-16/h12-17,19-25H,2-11H2,1H3,(H,26,27,28)/t12?,13-,14-,15+,16-,17?,18?/m0/s1. The van der Waals surface area contributed by atoms with Crippen molar-refractivity contribution < 1.29 is 52.5 Å². The molecule has 1 aliphatic heterocycles. The highest BCUT2D eigenvalue weighted by Gasteiger charge is 2.55. The maximum absolute atomic E-state index is 11.2. The number of aliphatic hydroxyl groups excluding tert-OH is 5. The van der Waals surface area contributed by atoms with Crippen LogP contribution in [0.15, 0.2) is 0 Å². The first kappa shape index (κ1) is 28.6. The Labute approximate surface area is 182 Å². The van der Waals surface area contributed by atoms with Gasteiger partial charge in [-0.2, -0.15) is 12.6 Å². The average Bonchev–Trinajstić information content (AvgIpc) is 2.66. The molecule has 7 atom stereocenters. The van der Waals surface area contributed by atoms with E-state index in [9.17, 15) is 39.1 Å². The highest BCUT2D eigenvalue weighted by molar-refractivity contribution is 7.80. The van der Waals surface area contributed by atoms with E-state index in [4.69, 9.17) is 9.29 Å². The van der Waals surface area contributed by atoms with E-state index in [0.29, 0.717) is 6.42 Å². The molecule has 3 unspecified atom stereocenters. The highest BCUT2D eigenvalue weighted by atomic mass is 32.3. The average molecular weight is 476 g/mol. The summed E-state index contributed by atoms with van der Waals surface area (Å²) in [6.45, 7) is 2.15. The van der Waals surface area contributed by atoms with Crippen molar-refractivity contribution in [3.8, 4) is 0 Å². The van der Waals surface area contributed by atoms with Gasteiger partial charge in [-0.05, 0) is 12.8 Å². The molecule has 0 aromatic heterocycles. The van der Waals surface area contributed by atoms with Gasteiger partial charge in [-0.25, -0.2) is 5.32 Å². The topological polar surface area (TPSA) is 206 Å². The number of hydrogen-bond donors (Lipinski definition) is 8. The molecule has 13 heteroatoms. The Hall–Kier alpha value is -0.450. The Bertz CT molecular complexity index is 607. The zero-order valence-electron chi connectivity index (χ0n) is 17.7. The number of unbranched alkanes of at least 4 members (excludes halogenated alkanes) is 8. The molecule has 0 aromatic rings. The Balaban J connectivity index is 2.61. The largest absolute Gasteiger partial charge is 0.401 e. The quantitative estimate of drug-likeness (QED) is 0.0822. The van der Waals surface area contributed by atoms with Gasteiger partial charge in [0, 0.05) is 0 Å².